The van der Waals surface area contributed by atoms with Gasteiger partial charge in [-0.15, -0.1) is 0 Å². The van der Waals surface area contributed by atoms with E-state index in [0.29, 0.717) is 81.5 Å². The second-order valence-electron chi connectivity index (χ2n) is 13.0. The quantitative estimate of drug-likeness (QED) is 0.0751. The topological polar surface area (TPSA) is 146 Å². The Morgan fingerprint density at radius 2 is 1.34 bits per heavy atom. The predicted molar refractivity (Wildman–Crippen MR) is 210 cm³/mol. The van der Waals surface area contributed by atoms with Crippen LogP contribution in [0.4, 0.5) is 5.69 Å². The molecule has 3 atom stereocenters. The largest absolute Gasteiger partial charge is 0.497 e. The lowest BCUT2D eigenvalue weighted by Gasteiger charge is -2.29. The molecule has 0 bridgehead atoms. The molecule has 298 valence electrons. The molecule has 14 nitrogen and oxygen atoms in total. The van der Waals surface area contributed by atoms with Gasteiger partial charge in [-0.25, -0.2) is 0 Å². The molecule has 4 aromatic carbocycles. The number of ether oxygens (including phenoxy) is 9. The van der Waals surface area contributed by atoms with Crippen molar-refractivity contribution in [3.05, 3.63) is 82.9 Å². The highest BCUT2D eigenvalue weighted by Gasteiger charge is 2.30. The first-order valence-corrected chi connectivity index (χ1v) is 18.3. The number of nitrogens with one attached hydrogen (secondary N) is 2. The summed E-state index contributed by atoms with van der Waals surface area (Å²) in [6, 6.07) is 18.2. The molecule has 0 aromatic heterocycles. The zero-order chi connectivity index (χ0) is 39.8. The van der Waals surface area contributed by atoms with Crippen molar-refractivity contribution in [3.63, 3.8) is 0 Å². The molecule has 56 heavy (non-hydrogen) atoms. The molecular weight excluding hydrogens is 722 g/mol. The van der Waals surface area contributed by atoms with Gasteiger partial charge in [0.05, 0.1) is 61.0 Å². The average Bonchev–Trinajstić information content (AvgIpc) is 3.73. The number of rotatable bonds is 18. The monoisotopic (exact) mass is 771 g/mol. The highest BCUT2D eigenvalue weighted by Crippen LogP contribution is 2.45. The fourth-order valence-corrected chi connectivity index (χ4v) is 6.64. The smallest absolute Gasteiger partial charge is 0.255 e. The third kappa shape index (κ3) is 8.38. The Morgan fingerprint density at radius 1 is 0.679 bits per heavy atom. The van der Waals surface area contributed by atoms with Crippen LogP contribution in [0.3, 0.4) is 0 Å². The van der Waals surface area contributed by atoms with Crippen molar-refractivity contribution in [2.75, 3.05) is 55.1 Å². The lowest BCUT2D eigenvalue weighted by atomic mass is 9.99. The van der Waals surface area contributed by atoms with E-state index in [1.807, 2.05) is 54.6 Å². The Bertz CT molecular complexity index is 2000. The number of hydrogen-bond donors (Lipinski definition) is 2. The summed E-state index contributed by atoms with van der Waals surface area (Å²) in [5, 5.41) is 10.8. The number of amides is 1. The molecule has 1 amide bonds. The minimum absolute atomic E-state index is 0.216. The Kier molecular flexibility index (Phi) is 12.7. The van der Waals surface area contributed by atoms with Gasteiger partial charge in [-0.05, 0) is 66.6 Å². The number of nitrogens with zero attached hydrogens (tertiary/aromatic N) is 1. The summed E-state index contributed by atoms with van der Waals surface area (Å²) in [6.45, 7) is 2.14. The number of carbonyl (C=O) groups excluding carboxylic acids is 1. The number of oxime groups is 1. The SMILES string of the molecule is CCCCCC(Oc1ccc(C2NC(=O)c3cc(OC)ccc3N2)cc1OC)Oc1c(OC)cc(C2CC(c3cc(OC)c(OC)c(OC)c3)=NO2)cc1OC. The molecule has 0 fully saturated rings. The Balaban J connectivity index is 1.22. The van der Waals surface area contributed by atoms with Crippen LogP contribution in [0, 0.1) is 0 Å². The minimum Gasteiger partial charge on any atom is -0.497 e. The second-order valence-corrected chi connectivity index (χ2v) is 13.0. The van der Waals surface area contributed by atoms with Gasteiger partial charge < -0.3 is 58.1 Å². The van der Waals surface area contributed by atoms with Crippen LogP contribution in [0.1, 0.15) is 78.3 Å². The van der Waals surface area contributed by atoms with Gasteiger partial charge in [0.2, 0.25) is 17.8 Å². The molecule has 0 saturated heterocycles. The highest BCUT2D eigenvalue weighted by molar-refractivity contribution is 6.03. The zero-order valence-electron chi connectivity index (χ0n) is 33.0. The summed E-state index contributed by atoms with van der Waals surface area (Å²) < 4.78 is 52.5. The maximum atomic E-state index is 13.0. The molecule has 4 aromatic rings. The van der Waals surface area contributed by atoms with E-state index in [0.717, 1.165) is 36.0 Å². The van der Waals surface area contributed by atoms with Gasteiger partial charge in [-0.3, -0.25) is 4.79 Å². The third-order valence-electron chi connectivity index (χ3n) is 9.64. The van der Waals surface area contributed by atoms with Crippen LogP contribution < -0.4 is 53.3 Å². The molecule has 2 heterocycles. The predicted octanol–water partition coefficient (Wildman–Crippen LogP) is 7.83. The minimum atomic E-state index is -0.734. The molecule has 0 spiro atoms. The van der Waals surface area contributed by atoms with Gasteiger partial charge in [-0.2, -0.15) is 0 Å². The van der Waals surface area contributed by atoms with Gasteiger partial charge >= 0.3 is 0 Å². The van der Waals surface area contributed by atoms with Crippen LogP contribution in [0.15, 0.2) is 65.8 Å². The summed E-state index contributed by atoms with van der Waals surface area (Å²) in [5.41, 5.74) is 4.25. The number of fused-ring (bicyclic) bond motifs is 1. The van der Waals surface area contributed by atoms with E-state index in [9.17, 15) is 4.79 Å². The van der Waals surface area contributed by atoms with Crippen LogP contribution in [0.2, 0.25) is 0 Å². The lowest BCUT2D eigenvalue weighted by molar-refractivity contribution is -0.00757. The van der Waals surface area contributed by atoms with Crippen molar-refractivity contribution < 1.29 is 52.3 Å². The van der Waals surface area contributed by atoms with E-state index in [1.54, 1.807) is 55.8 Å². The lowest BCUT2D eigenvalue weighted by Crippen LogP contribution is -2.38. The molecule has 14 heteroatoms. The van der Waals surface area contributed by atoms with E-state index in [1.165, 1.54) is 0 Å². The van der Waals surface area contributed by atoms with Gasteiger partial charge in [0.15, 0.2) is 40.6 Å². The van der Waals surface area contributed by atoms with Gasteiger partial charge in [-0.1, -0.05) is 31.0 Å². The standard InChI is InChI=1S/C42H49N3O11/c1-9-10-11-12-38(54-31-16-13-24(17-33(31)48-3)41-43-29-15-14-27(47-2)22-28(29)42(46)44-41)55-40-36(51-6)20-26(21-37(40)52-7)32-23-30(45-56-32)25-18-34(49-4)39(53-8)35(19-25)50-5/h13-22,32,38,41,43H,9-12,23H2,1-8H3,(H,44,46). The van der Waals surface area contributed by atoms with Crippen molar-refractivity contribution in [2.45, 2.75) is 57.6 Å². The first-order chi connectivity index (χ1) is 27.3. The first-order valence-electron chi connectivity index (χ1n) is 18.3. The zero-order valence-corrected chi connectivity index (χ0v) is 33.0. The molecule has 2 N–H and O–H groups in total. The molecular formula is C42H49N3O11. The summed E-state index contributed by atoms with van der Waals surface area (Å²) >= 11 is 0. The maximum absolute atomic E-state index is 13.0. The number of carbonyl (C=O) groups is 1. The van der Waals surface area contributed by atoms with Crippen LogP contribution in [-0.2, 0) is 4.84 Å². The van der Waals surface area contributed by atoms with E-state index in [4.69, 9.17) is 47.5 Å². The van der Waals surface area contributed by atoms with Crippen molar-refractivity contribution in [3.8, 4) is 51.7 Å². The summed E-state index contributed by atoms with van der Waals surface area (Å²) in [5.74, 6) is 4.11. The van der Waals surface area contributed by atoms with E-state index in [2.05, 4.69) is 22.7 Å². The number of hydrogen-bond acceptors (Lipinski definition) is 13. The summed E-state index contributed by atoms with van der Waals surface area (Å²) in [4.78, 5) is 19.0. The molecule has 2 aliphatic heterocycles. The Morgan fingerprint density at radius 3 is 1.96 bits per heavy atom. The molecule has 6 rings (SSSR count). The normalized spacial score (nSPS) is 16.2. The average molecular weight is 772 g/mol. The highest BCUT2D eigenvalue weighted by atomic mass is 16.7. The van der Waals surface area contributed by atoms with Crippen LogP contribution in [-0.4, -0.2) is 67.7 Å². The van der Waals surface area contributed by atoms with Crippen LogP contribution in [0.25, 0.3) is 0 Å². The molecule has 0 saturated carbocycles. The Hall–Kier alpha value is -6.18. The van der Waals surface area contributed by atoms with Crippen LogP contribution in [0.5, 0.6) is 51.7 Å². The summed E-state index contributed by atoms with van der Waals surface area (Å²) in [7, 11) is 11.0. The van der Waals surface area contributed by atoms with Crippen molar-refractivity contribution in [1.29, 1.82) is 0 Å². The molecule has 0 aliphatic carbocycles. The number of methoxy groups -OCH3 is 7. The second kappa shape index (κ2) is 18.0. The van der Waals surface area contributed by atoms with Gasteiger partial charge in [0.1, 0.15) is 11.9 Å². The van der Waals surface area contributed by atoms with Crippen molar-refractivity contribution in [1.82, 2.24) is 5.32 Å². The summed E-state index contributed by atoms with van der Waals surface area (Å²) in [6.07, 6.45) is 2.23. The van der Waals surface area contributed by atoms with E-state index in [-0.39, 0.29) is 5.91 Å². The number of benzene rings is 4. The molecule has 0 radical (unpaired) electrons. The fourth-order valence-electron chi connectivity index (χ4n) is 6.64. The number of anilines is 1. The first kappa shape index (κ1) is 39.5. The fraction of sp³-hybridized carbons (Fsp3) is 0.381. The maximum Gasteiger partial charge on any atom is 0.255 e. The van der Waals surface area contributed by atoms with E-state index < -0.39 is 18.6 Å². The third-order valence-corrected chi connectivity index (χ3v) is 9.64. The van der Waals surface area contributed by atoms with Gasteiger partial charge in [0.25, 0.3) is 5.91 Å². The Labute approximate surface area is 326 Å². The van der Waals surface area contributed by atoms with Crippen LogP contribution >= 0.6 is 0 Å². The molecule has 3 unspecified atom stereocenters. The van der Waals surface area contributed by atoms with E-state index >= 15 is 0 Å². The van der Waals surface area contributed by atoms with Crippen molar-refractivity contribution in [2.24, 2.45) is 5.16 Å². The van der Waals surface area contributed by atoms with Crippen molar-refractivity contribution >= 4 is 17.3 Å². The van der Waals surface area contributed by atoms with Gasteiger partial charge in [0, 0.05) is 29.7 Å². The number of unbranched alkanes of at least 4 members (excludes halogenated alkanes) is 2. The molecule has 2 aliphatic rings.